The molecule has 0 saturated carbocycles. The molecule has 2 rings (SSSR count). The van der Waals surface area contributed by atoms with Gasteiger partial charge in [-0.1, -0.05) is 30.9 Å². The molecule has 0 bridgehead atoms. The van der Waals surface area contributed by atoms with Crippen LogP contribution in [0.4, 0.5) is 0 Å². The van der Waals surface area contributed by atoms with E-state index in [1.165, 1.54) is 5.56 Å². The highest BCUT2D eigenvalue weighted by atomic mass is 16.3. The first kappa shape index (κ1) is 14.4. The molecule has 3 heteroatoms. The number of hydrogen-bond acceptors (Lipinski definition) is 3. The quantitative estimate of drug-likeness (QED) is 0.848. The normalized spacial score (nSPS) is 10.3. The Kier molecular flexibility index (Phi) is 5.43. The first-order valence-electron chi connectivity index (χ1n) is 6.75. The highest BCUT2D eigenvalue weighted by molar-refractivity contribution is 5.37. The molecule has 0 spiro atoms. The highest BCUT2D eigenvalue weighted by Crippen LogP contribution is 2.11. The van der Waals surface area contributed by atoms with Gasteiger partial charge in [0.15, 0.2) is 0 Å². The summed E-state index contributed by atoms with van der Waals surface area (Å²) in [5.74, 6) is 6.58. The van der Waals surface area contributed by atoms with Crippen LogP contribution >= 0.6 is 0 Å². The second kappa shape index (κ2) is 7.54. The minimum atomic E-state index is -0.107. The maximum Gasteiger partial charge on any atom is 0.117 e. The molecule has 0 radical (unpaired) electrons. The van der Waals surface area contributed by atoms with Crippen molar-refractivity contribution in [3.63, 3.8) is 0 Å². The summed E-state index contributed by atoms with van der Waals surface area (Å²) in [6.07, 6.45) is 1.70. The number of aliphatic hydroxyl groups is 1. The van der Waals surface area contributed by atoms with Crippen LogP contribution < -0.4 is 0 Å². The van der Waals surface area contributed by atoms with Crippen molar-refractivity contribution < 1.29 is 9.52 Å². The third-order valence-corrected chi connectivity index (χ3v) is 3.05. The van der Waals surface area contributed by atoms with Gasteiger partial charge in [0.25, 0.3) is 0 Å². The Labute approximate surface area is 119 Å². The lowest BCUT2D eigenvalue weighted by Crippen LogP contribution is -2.22. The maximum absolute atomic E-state index is 8.73. The van der Waals surface area contributed by atoms with E-state index < -0.39 is 0 Å². The van der Waals surface area contributed by atoms with Crippen molar-refractivity contribution in [3.05, 3.63) is 59.5 Å². The molecule has 1 heterocycles. The molecule has 1 aromatic heterocycles. The highest BCUT2D eigenvalue weighted by Gasteiger charge is 2.06. The zero-order valence-corrected chi connectivity index (χ0v) is 11.7. The van der Waals surface area contributed by atoms with Crippen LogP contribution in [0, 0.1) is 11.8 Å². The van der Waals surface area contributed by atoms with E-state index in [0.29, 0.717) is 0 Å². The molecular formula is C17H19NO2. The molecule has 0 aliphatic rings. The number of rotatable bonds is 5. The first-order chi connectivity index (χ1) is 9.81. The predicted molar refractivity (Wildman–Crippen MR) is 78.9 cm³/mol. The summed E-state index contributed by atoms with van der Waals surface area (Å²) in [4.78, 5) is 2.30. The van der Waals surface area contributed by atoms with E-state index in [2.05, 4.69) is 35.8 Å². The summed E-state index contributed by atoms with van der Waals surface area (Å²) < 4.78 is 5.39. The van der Waals surface area contributed by atoms with Gasteiger partial charge < -0.3 is 9.52 Å². The fourth-order valence-electron chi connectivity index (χ4n) is 2.05. The molecule has 1 aromatic carbocycles. The minimum Gasteiger partial charge on any atom is -0.468 e. The van der Waals surface area contributed by atoms with Gasteiger partial charge in [0.1, 0.15) is 12.4 Å². The van der Waals surface area contributed by atoms with Crippen LogP contribution in [-0.4, -0.2) is 23.2 Å². The van der Waals surface area contributed by atoms with E-state index in [4.69, 9.17) is 9.52 Å². The van der Waals surface area contributed by atoms with Gasteiger partial charge in [-0.2, -0.15) is 0 Å². The fraction of sp³-hybridized carbons (Fsp3) is 0.294. The van der Waals surface area contributed by atoms with Gasteiger partial charge in [0.2, 0.25) is 0 Å². The molecule has 20 heavy (non-hydrogen) atoms. The zero-order valence-electron chi connectivity index (χ0n) is 11.7. The predicted octanol–water partition coefficient (Wildman–Crippen LogP) is 2.65. The Balaban J connectivity index is 2.03. The minimum absolute atomic E-state index is 0.107. The number of aliphatic hydroxyl groups excluding tert-OH is 1. The molecule has 0 aliphatic heterocycles. The van der Waals surface area contributed by atoms with Crippen LogP contribution in [0.25, 0.3) is 0 Å². The van der Waals surface area contributed by atoms with E-state index >= 15 is 0 Å². The summed E-state index contributed by atoms with van der Waals surface area (Å²) in [5, 5.41) is 8.73. The Morgan fingerprint density at radius 3 is 2.80 bits per heavy atom. The molecule has 104 valence electrons. The summed E-state index contributed by atoms with van der Waals surface area (Å²) >= 11 is 0. The molecule has 1 N–H and O–H groups in total. The largest absolute Gasteiger partial charge is 0.468 e. The SMILES string of the molecule is CCN(Cc1cccc(C#CCO)c1)Cc1ccco1. The van der Waals surface area contributed by atoms with Gasteiger partial charge in [-0.15, -0.1) is 0 Å². The van der Waals surface area contributed by atoms with Gasteiger partial charge >= 0.3 is 0 Å². The monoisotopic (exact) mass is 269 g/mol. The van der Waals surface area contributed by atoms with E-state index in [0.717, 1.165) is 31.0 Å². The average Bonchev–Trinajstić information content (AvgIpc) is 2.98. The molecule has 2 aromatic rings. The first-order valence-corrected chi connectivity index (χ1v) is 6.75. The van der Waals surface area contributed by atoms with Gasteiger partial charge in [-0.05, 0) is 36.4 Å². The zero-order chi connectivity index (χ0) is 14.2. The van der Waals surface area contributed by atoms with E-state index in [1.807, 2.05) is 24.3 Å². The maximum atomic E-state index is 8.73. The van der Waals surface area contributed by atoms with Crippen molar-refractivity contribution >= 4 is 0 Å². The summed E-state index contributed by atoms with van der Waals surface area (Å²) in [5.41, 5.74) is 2.15. The molecule has 3 nitrogen and oxygen atoms in total. The van der Waals surface area contributed by atoms with Crippen molar-refractivity contribution in [2.45, 2.75) is 20.0 Å². The van der Waals surface area contributed by atoms with Crippen LogP contribution in [0.2, 0.25) is 0 Å². The van der Waals surface area contributed by atoms with Gasteiger partial charge in [-0.25, -0.2) is 0 Å². The number of nitrogens with zero attached hydrogens (tertiary/aromatic N) is 1. The van der Waals surface area contributed by atoms with Crippen LogP contribution in [0.5, 0.6) is 0 Å². The van der Waals surface area contributed by atoms with Crippen molar-refractivity contribution in [1.82, 2.24) is 4.90 Å². The summed E-state index contributed by atoms with van der Waals surface area (Å²) in [6.45, 7) is 4.64. The molecule has 0 atom stereocenters. The second-order valence-corrected chi connectivity index (χ2v) is 4.54. The Hall–Kier alpha value is -2.02. The topological polar surface area (TPSA) is 36.6 Å². The number of benzene rings is 1. The number of furan rings is 1. The van der Waals surface area contributed by atoms with Crippen molar-refractivity contribution in [1.29, 1.82) is 0 Å². The Morgan fingerprint density at radius 2 is 2.10 bits per heavy atom. The van der Waals surface area contributed by atoms with Crippen LogP contribution in [0.15, 0.2) is 47.1 Å². The van der Waals surface area contributed by atoms with E-state index in [9.17, 15) is 0 Å². The molecule has 0 aliphatic carbocycles. The summed E-state index contributed by atoms with van der Waals surface area (Å²) in [7, 11) is 0. The lowest BCUT2D eigenvalue weighted by molar-refractivity contribution is 0.248. The Morgan fingerprint density at radius 1 is 1.20 bits per heavy atom. The van der Waals surface area contributed by atoms with Gasteiger partial charge in [0.05, 0.1) is 12.8 Å². The van der Waals surface area contributed by atoms with Crippen molar-refractivity contribution in [3.8, 4) is 11.8 Å². The lowest BCUT2D eigenvalue weighted by atomic mass is 10.1. The molecular weight excluding hydrogens is 250 g/mol. The number of hydrogen-bond donors (Lipinski definition) is 1. The van der Waals surface area contributed by atoms with Gasteiger partial charge in [-0.3, -0.25) is 4.90 Å². The summed E-state index contributed by atoms with van der Waals surface area (Å²) in [6, 6.07) is 12.0. The van der Waals surface area contributed by atoms with Crippen LogP contribution in [0.1, 0.15) is 23.8 Å². The smallest absolute Gasteiger partial charge is 0.117 e. The standard InChI is InChI=1S/C17H19NO2/c1-2-18(14-17-9-5-11-20-17)13-16-7-3-6-15(12-16)8-4-10-19/h3,5-7,9,11-12,19H,2,10,13-14H2,1H3. The second-order valence-electron chi connectivity index (χ2n) is 4.54. The molecule has 0 fully saturated rings. The molecule has 0 amide bonds. The van der Waals surface area contributed by atoms with Crippen molar-refractivity contribution in [2.75, 3.05) is 13.2 Å². The van der Waals surface area contributed by atoms with Crippen molar-refractivity contribution in [2.24, 2.45) is 0 Å². The van der Waals surface area contributed by atoms with E-state index in [1.54, 1.807) is 6.26 Å². The third-order valence-electron chi connectivity index (χ3n) is 3.05. The third kappa shape index (κ3) is 4.27. The van der Waals surface area contributed by atoms with Crippen LogP contribution in [-0.2, 0) is 13.1 Å². The van der Waals surface area contributed by atoms with E-state index in [-0.39, 0.29) is 6.61 Å². The lowest BCUT2D eigenvalue weighted by Gasteiger charge is -2.19. The molecule has 0 saturated heterocycles. The van der Waals surface area contributed by atoms with Crippen LogP contribution in [0.3, 0.4) is 0 Å². The Bertz CT molecular complexity index is 579. The average molecular weight is 269 g/mol. The fourth-order valence-corrected chi connectivity index (χ4v) is 2.05. The van der Waals surface area contributed by atoms with Gasteiger partial charge in [0, 0.05) is 12.1 Å². The molecule has 0 unspecified atom stereocenters.